The van der Waals surface area contributed by atoms with Gasteiger partial charge in [-0.1, -0.05) is 93.7 Å². The van der Waals surface area contributed by atoms with E-state index in [-0.39, 0.29) is 0 Å². The summed E-state index contributed by atoms with van der Waals surface area (Å²) in [5.74, 6) is -0.923. The molecular weight excluding hydrogens is 418 g/mol. The maximum Gasteiger partial charge on any atom is 0.328 e. The molecule has 0 aliphatic heterocycles. The monoisotopic (exact) mass is 455 g/mol. The Hall–Kier alpha value is -2.26. The lowest BCUT2D eigenvalue weighted by molar-refractivity contribution is -0.131. The SMILES string of the molecule is O=C(O)/C=C/c1ccc(NCCCCCCCCCCCCCc2ccc(Cl)cc2)cc1. The Morgan fingerprint density at radius 1 is 0.750 bits per heavy atom. The average molecular weight is 456 g/mol. The van der Waals surface area contributed by atoms with Gasteiger partial charge in [0, 0.05) is 23.3 Å². The van der Waals surface area contributed by atoms with E-state index in [2.05, 4.69) is 17.4 Å². The zero-order chi connectivity index (χ0) is 22.9. The van der Waals surface area contributed by atoms with Crippen molar-refractivity contribution < 1.29 is 9.90 Å². The summed E-state index contributed by atoms with van der Waals surface area (Å²) in [6.45, 7) is 0.986. The van der Waals surface area contributed by atoms with E-state index < -0.39 is 5.97 Å². The first kappa shape index (κ1) is 26.0. The Balaban J connectivity index is 1.35. The van der Waals surface area contributed by atoms with Gasteiger partial charge in [-0.25, -0.2) is 4.79 Å². The number of anilines is 1. The van der Waals surface area contributed by atoms with Gasteiger partial charge in [-0.05, 0) is 60.7 Å². The summed E-state index contributed by atoms with van der Waals surface area (Å²) in [4.78, 5) is 10.5. The number of halogens is 1. The summed E-state index contributed by atoms with van der Waals surface area (Å²) in [6, 6.07) is 16.1. The molecule has 32 heavy (non-hydrogen) atoms. The maximum atomic E-state index is 10.5. The van der Waals surface area contributed by atoms with E-state index in [0.29, 0.717) is 0 Å². The first-order valence-corrected chi connectivity index (χ1v) is 12.5. The van der Waals surface area contributed by atoms with Crippen molar-refractivity contribution in [3.8, 4) is 0 Å². The van der Waals surface area contributed by atoms with Crippen molar-refractivity contribution in [2.75, 3.05) is 11.9 Å². The molecule has 0 fully saturated rings. The second-order valence-corrected chi connectivity index (χ2v) is 8.92. The van der Waals surface area contributed by atoms with Gasteiger partial charge in [-0.2, -0.15) is 0 Å². The molecule has 4 heteroatoms. The van der Waals surface area contributed by atoms with Crippen molar-refractivity contribution in [2.45, 2.75) is 77.0 Å². The van der Waals surface area contributed by atoms with E-state index in [1.54, 1.807) is 6.08 Å². The van der Waals surface area contributed by atoms with Gasteiger partial charge in [0.1, 0.15) is 0 Å². The molecule has 2 rings (SSSR count). The number of hydrogen-bond donors (Lipinski definition) is 2. The fourth-order valence-corrected chi connectivity index (χ4v) is 3.93. The fraction of sp³-hybridized carbons (Fsp3) is 0.464. The van der Waals surface area contributed by atoms with E-state index in [0.717, 1.165) is 28.9 Å². The Bertz CT molecular complexity index is 784. The van der Waals surface area contributed by atoms with Gasteiger partial charge in [0.2, 0.25) is 0 Å². The molecule has 0 unspecified atom stereocenters. The van der Waals surface area contributed by atoms with Crippen LogP contribution in [0.25, 0.3) is 6.08 Å². The first-order chi connectivity index (χ1) is 15.6. The predicted molar refractivity (Wildman–Crippen MR) is 138 cm³/mol. The van der Waals surface area contributed by atoms with Gasteiger partial charge in [0.15, 0.2) is 0 Å². The molecule has 2 N–H and O–H groups in total. The fourth-order valence-electron chi connectivity index (χ4n) is 3.81. The molecule has 0 saturated heterocycles. The minimum absolute atomic E-state index is 0.821. The Morgan fingerprint density at radius 2 is 1.28 bits per heavy atom. The quantitative estimate of drug-likeness (QED) is 0.186. The summed E-state index contributed by atoms with van der Waals surface area (Å²) in [5.41, 5.74) is 3.38. The van der Waals surface area contributed by atoms with Crippen LogP contribution in [0.1, 0.15) is 81.8 Å². The van der Waals surface area contributed by atoms with Crippen LogP contribution in [-0.2, 0) is 11.2 Å². The predicted octanol–water partition coefficient (Wildman–Crippen LogP) is 8.38. The van der Waals surface area contributed by atoms with Gasteiger partial charge in [0.25, 0.3) is 0 Å². The van der Waals surface area contributed by atoms with Crippen molar-refractivity contribution in [2.24, 2.45) is 0 Å². The highest BCUT2D eigenvalue weighted by atomic mass is 35.5. The number of hydrogen-bond acceptors (Lipinski definition) is 2. The largest absolute Gasteiger partial charge is 0.478 e. The van der Waals surface area contributed by atoms with Gasteiger partial charge >= 0.3 is 5.97 Å². The van der Waals surface area contributed by atoms with Crippen LogP contribution in [0.15, 0.2) is 54.6 Å². The van der Waals surface area contributed by atoms with Gasteiger partial charge in [0.05, 0.1) is 0 Å². The zero-order valence-electron chi connectivity index (χ0n) is 19.2. The number of unbranched alkanes of at least 4 members (excludes halogenated alkanes) is 10. The Kier molecular flexibility index (Phi) is 13.3. The smallest absolute Gasteiger partial charge is 0.328 e. The molecule has 0 amide bonds. The van der Waals surface area contributed by atoms with Gasteiger partial charge < -0.3 is 10.4 Å². The molecular formula is C28H38ClNO2. The number of carboxylic acid groups (broad SMARTS) is 1. The van der Waals surface area contributed by atoms with Crippen molar-refractivity contribution in [1.82, 2.24) is 0 Å². The number of nitrogens with one attached hydrogen (secondary N) is 1. The van der Waals surface area contributed by atoms with Gasteiger partial charge in [-0.3, -0.25) is 0 Å². The molecule has 3 nitrogen and oxygen atoms in total. The minimum atomic E-state index is -0.923. The zero-order valence-corrected chi connectivity index (χ0v) is 20.0. The topological polar surface area (TPSA) is 49.3 Å². The maximum absolute atomic E-state index is 10.5. The summed E-state index contributed by atoms with van der Waals surface area (Å²) in [6.07, 6.45) is 18.5. The second-order valence-electron chi connectivity index (χ2n) is 8.49. The standard InChI is InChI=1S/C28H38ClNO2/c29-26-18-13-24(14-19-26)12-10-8-6-4-2-1-3-5-7-9-11-23-30-27-20-15-25(16-21-27)17-22-28(31)32/h13-22,30H,1-12,23H2,(H,31,32)/b22-17+. The van der Waals surface area contributed by atoms with Crippen LogP contribution in [0.5, 0.6) is 0 Å². The van der Waals surface area contributed by atoms with Crippen LogP contribution in [-0.4, -0.2) is 17.6 Å². The molecule has 0 heterocycles. The van der Waals surface area contributed by atoms with Crippen molar-refractivity contribution in [3.05, 3.63) is 70.8 Å². The van der Waals surface area contributed by atoms with Crippen LogP contribution in [0.2, 0.25) is 5.02 Å². The molecule has 0 radical (unpaired) electrons. The number of carboxylic acids is 1. The lowest BCUT2D eigenvalue weighted by atomic mass is 10.0. The van der Waals surface area contributed by atoms with E-state index in [4.69, 9.17) is 16.7 Å². The normalized spacial score (nSPS) is 11.2. The highest BCUT2D eigenvalue weighted by Gasteiger charge is 1.97. The van der Waals surface area contributed by atoms with E-state index in [1.165, 1.54) is 82.6 Å². The third kappa shape index (κ3) is 12.6. The van der Waals surface area contributed by atoms with Gasteiger partial charge in [-0.15, -0.1) is 0 Å². The van der Waals surface area contributed by atoms with Crippen LogP contribution < -0.4 is 5.32 Å². The van der Waals surface area contributed by atoms with Crippen molar-refractivity contribution in [3.63, 3.8) is 0 Å². The average Bonchev–Trinajstić information content (AvgIpc) is 2.80. The third-order valence-corrected chi connectivity index (χ3v) is 5.97. The molecule has 0 spiro atoms. The van der Waals surface area contributed by atoms with Crippen LogP contribution in [0.3, 0.4) is 0 Å². The first-order valence-electron chi connectivity index (χ1n) is 12.1. The molecule has 0 saturated carbocycles. The van der Waals surface area contributed by atoms with Crippen molar-refractivity contribution in [1.29, 1.82) is 0 Å². The number of aliphatic carboxylic acids is 1. The molecule has 0 aliphatic rings. The van der Waals surface area contributed by atoms with Crippen molar-refractivity contribution >= 4 is 29.3 Å². The molecule has 0 atom stereocenters. The summed E-state index contributed by atoms with van der Waals surface area (Å²) in [7, 11) is 0. The van der Waals surface area contributed by atoms with Crippen LogP contribution in [0.4, 0.5) is 5.69 Å². The molecule has 0 aliphatic carbocycles. The van der Waals surface area contributed by atoms with E-state index >= 15 is 0 Å². The second kappa shape index (κ2) is 16.4. The summed E-state index contributed by atoms with van der Waals surface area (Å²) < 4.78 is 0. The minimum Gasteiger partial charge on any atom is -0.478 e. The Morgan fingerprint density at radius 3 is 1.84 bits per heavy atom. The summed E-state index contributed by atoms with van der Waals surface area (Å²) >= 11 is 5.92. The lowest BCUT2D eigenvalue weighted by Crippen LogP contribution is -2.01. The molecule has 0 aromatic heterocycles. The molecule has 2 aromatic rings. The lowest BCUT2D eigenvalue weighted by Gasteiger charge is -2.07. The highest BCUT2D eigenvalue weighted by molar-refractivity contribution is 6.30. The number of rotatable bonds is 17. The molecule has 0 bridgehead atoms. The number of aryl methyl sites for hydroxylation is 1. The highest BCUT2D eigenvalue weighted by Crippen LogP contribution is 2.15. The van der Waals surface area contributed by atoms with Crippen LogP contribution in [0, 0.1) is 0 Å². The Labute approximate surface area is 198 Å². The number of carbonyl (C=O) groups is 1. The molecule has 174 valence electrons. The summed E-state index contributed by atoms with van der Waals surface area (Å²) in [5, 5.41) is 12.9. The molecule has 2 aromatic carbocycles. The third-order valence-electron chi connectivity index (χ3n) is 5.71. The van der Waals surface area contributed by atoms with E-state index in [1.807, 2.05) is 36.4 Å². The number of benzene rings is 2. The van der Waals surface area contributed by atoms with Crippen LogP contribution >= 0.6 is 11.6 Å². The van der Waals surface area contributed by atoms with E-state index in [9.17, 15) is 4.79 Å².